The third-order valence-corrected chi connectivity index (χ3v) is 3.56. The largest absolute Gasteiger partial charge is 0.366 e. The molecule has 0 saturated carbocycles. The van der Waals surface area contributed by atoms with Crippen molar-refractivity contribution in [1.82, 2.24) is 14.8 Å². The van der Waals surface area contributed by atoms with Crippen LogP contribution in [0.25, 0.3) is 0 Å². The monoisotopic (exact) mass is 243 g/mol. The third kappa shape index (κ3) is 1.97. The van der Waals surface area contributed by atoms with Crippen LogP contribution in [0.5, 0.6) is 0 Å². The molecule has 0 spiro atoms. The molecule has 4 N–H and O–H groups in total. The van der Waals surface area contributed by atoms with Crippen LogP contribution < -0.4 is 11.5 Å². The zero-order valence-electron chi connectivity index (χ0n) is 10.2. The summed E-state index contributed by atoms with van der Waals surface area (Å²) >= 11 is 0. The van der Waals surface area contributed by atoms with Gasteiger partial charge in [0.15, 0.2) is 0 Å². The van der Waals surface area contributed by atoms with E-state index in [9.17, 15) is 0 Å². The minimum atomic E-state index is 0.379. The molecule has 2 aromatic rings. The second kappa shape index (κ2) is 4.42. The van der Waals surface area contributed by atoms with Crippen molar-refractivity contribution < 1.29 is 0 Å². The van der Waals surface area contributed by atoms with E-state index in [0.717, 1.165) is 25.2 Å². The Labute approximate surface area is 106 Å². The molecule has 1 aliphatic heterocycles. The second-order valence-corrected chi connectivity index (χ2v) is 4.75. The predicted octanol–water partition coefficient (Wildman–Crippen LogP) is 1.05. The Morgan fingerprint density at radius 3 is 2.78 bits per heavy atom. The molecular weight excluding hydrogens is 226 g/mol. The molecule has 1 atom stereocenters. The van der Waals surface area contributed by atoms with Crippen molar-refractivity contribution in [2.24, 2.45) is 5.73 Å². The van der Waals surface area contributed by atoms with Crippen LogP contribution >= 0.6 is 0 Å². The van der Waals surface area contributed by atoms with Gasteiger partial charge >= 0.3 is 0 Å². The van der Waals surface area contributed by atoms with Crippen molar-refractivity contribution in [1.29, 1.82) is 0 Å². The van der Waals surface area contributed by atoms with Gasteiger partial charge in [0.2, 0.25) is 5.95 Å². The van der Waals surface area contributed by atoms with E-state index in [2.05, 4.69) is 34.3 Å². The standard InChI is InChI=1S/C13H17N5/c14-7-9-1-3-10(4-2-9)11-5-6-12-16-13(15)17-18(12)8-11/h1-4,11H,5-8,14H2,(H2,15,17). The highest BCUT2D eigenvalue weighted by molar-refractivity contribution is 5.26. The van der Waals surface area contributed by atoms with E-state index in [-0.39, 0.29) is 0 Å². The van der Waals surface area contributed by atoms with Gasteiger partial charge in [0.05, 0.1) is 0 Å². The highest BCUT2D eigenvalue weighted by atomic mass is 15.4. The molecule has 2 heterocycles. The van der Waals surface area contributed by atoms with Crippen molar-refractivity contribution in [2.75, 3.05) is 5.73 Å². The average molecular weight is 243 g/mol. The molecule has 3 rings (SSSR count). The van der Waals surface area contributed by atoms with Gasteiger partial charge in [0.1, 0.15) is 5.82 Å². The van der Waals surface area contributed by atoms with Crippen molar-refractivity contribution in [3.63, 3.8) is 0 Å². The van der Waals surface area contributed by atoms with Crippen LogP contribution in [-0.4, -0.2) is 14.8 Å². The fourth-order valence-corrected chi connectivity index (χ4v) is 2.53. The number of benzene rings is 1. The van der Waals surface area contributed by atoms with Crippen molar-refractivity contribution in [3.8, 4) is 0 Å². The number of hydrogen-bond donors (Lipinski definition) is 2. The van der Waals surface area contributed by atoms with Gasteiger partial charge in [-0.2, -0.15) is 4.98 Å². The molecule has 1 unspecified atom stereocenters. The molecule has 0 fully saturated rings. The zero-order chi connectivity index (χ0) is 12.5. The molecule has 1 aromatic heterocycles. The molecule has 0 amide bonds. The lowest BCUT2D eigenvalue weighted by Gasteiger charge is -2.22. The molecule has 0 radical (unpaired) electrons. The number of fused-ring (bicyclic) bond motifs is 1. The van der Waals surface area contributed by atoms with Crippen LogP contribution in [0, 0.1) is 0 Å². The minimum Gasteiger partial charge on any atom is -0.366 e. The summed E-state index contributed by atoms with van der Waals surface area (Å²) in [6.45, 7) is 1.45. The van der Waals surface area contributed by atoms with Crippen molar-refractivity contribution in [2.45, 2.75) is 31.8 Å². The summed E-state index contributed by atoms with van der Waals surface area (Å²) < 4.78 is 1.93. The maximum Gasteiger partial charge on any atom is 0.239 e. The van der Waals surface area contributed by atoms with E-state index >= 15 is 0 Å². The SMILES string of the molecule is NCc1ccc(C2CCc3nc(N)nn3C2)cc1. The first-order chi connectivity index (χ1) is 8.76. The molecule has 0 aliphatic carbocycles. The number of nitrogens with two attached hydrogens (primary N) is 2. The van der Waals surface area contributed by atoms with Gasteiger partial charge in [-0.25, -0.2) is 4.68 Å². The summed E-state index contributed by atoms with van der Waals surface area (Å²) in [5, 5.41) is 4.22. The van der Waals surface area contributed by atoms with E-state index in [1.165, 1.54) is 11.1 Å². The molecule has 5 heteroatoms. The molecule has 5 nitrogen and oxygen atoms in total. The van der Waals surface area contributed by atoms with E-state index < -0.39 is 0 Å². The number of aromatic nitrogens is 3. The summed E-state index contributed by atoms with van der Waals surface area (Å²) in [5.74, 6) is 1.87. The Morgan fingerprint density at radius 1 is 1.28 bits per heavy atom. The first-order valence-corrected chi connectivity index (χ1v) is 6.24. The summed E-state index contributed by atoms with van der Waals surface area (Å²) in [6.07, 6.45) is 2.04. The predicted molar refractivity (Wildman–Crippen MR) is 69.8 cm³/mol. The zero-order valence-corrected chi connectivity index (χ0v) is 10.2. The first-order valence-electron chi connectivity index (χ1n) is 6.24. The maximum absolute atomic E-state index is 5.62. The quantitative estimate of drug-likeness (QED) is 0.826. The number of anilines is 1. The number of aryl methyl sites for hydroxylation is 1. The van der Waals surface area contributed by atoms with Gasteiger partial charge in [0, 0.05) is 25.4 Å². The highest BCUT2D eigenvalue weighted by Crippen LogP contribution is 2.28. The van der Waals surface area contributed by atoms with Gasteiger partial charge < -0.3 is 11.5 Å². The van der Waals surface area contributed by atoms with Gasteiger partial charge in [0.25, 0.3) is 0 Å². The Hall–Kier alpha value is -1.88. The van der Waals surface area contributed by atoms with Crippen LogP contribution in [0.1, 0.15) is 29.3 Å². The van der Waals surface area contributed by atoms with E-state index in [4.69, 9.17) is 11.5 Å². The van der Waals surface area contributed by atoms with Crippen LogP contribution in [-0.2, 0) is 19.5 Å². The Balaban J connectivity index is 1.82. The Bertz CT molecular complexity index is 543. The highest BCUT2D eigenvalue weighted by Gasteiger charge is 2.22. The van der Waals surface area contributed by atoms with E-state index in [0.29, 0.717) is 18.4 Å². The summed E-state index contributed by atoms with van der Waals surface area (Å²) in [6, 6.07) is 8.53. The van der Waals surface area contributed by atoms with Crippen LogP contribution in [0.3, 0.4) is 0 Å². The fraction of sp³-hybridized carbons (Fsp3) is 0.385. The van der Waals surface area contributed by atoms with Crippen molar-refractivity contribution in [3.05, 3.63) is 41.2 Å². The smallest absolute Gasteiger partial charge is 0.239 e. The molecule has 1 aromatic carbocycles. The lowest BCUT2D eigenvalue weighted by atomic mass is 9.91. The third-order valence-electron chi connectivity index (χ3n) is 3.56. The van der Waals surface area contributed by atoms with Crippen LogP contribution in [0.4, 0.5) is 5.95 Å². The first kappa shape index (κ1) is 11.2. The number of rotatable bonds is 2. The molecule has 94 valence electrons. The van der Waals surface area contributed by atoms with Crippen LogP contribution in [0.15, 0.2) is 24.3 Å². The topological polar surface area (TPSA) is 82.8 Å². The van der Waals surface area contributed by atoms with Gasteiger partial charge in [-0.15, -0.1) is 5.10 Å². The minimum absolute atomic E-state index is 0.379. The Kier molecular flexibility index (Phi) is 2.76. The van der Waals surface area contributed by atoms with E-state index in [1.54, 1.807) is 0 Å². The molecular formula is C13H17N5. The second-order valence-electron chi connectivity index (χ2n) is 4.75. The van der Waals surface area contributed by atoms with Crippen LogP contribution in [0.2, 0.25) is 0 Å². The average Bonchev–Trinajstić information content (AvgIpc) is 2.78. The summed E-state index contributed by atoms with van der Waals surface area (Å²) in [7, 11) is 0. The molecule has 1 aliphatic rings. The molecule has 0 bridgehead atoms. The number of nitrogens with zero attached hydrogens (tertiary/aromatic N) is 3. The lowest BCUT2D eigenvalue weighted by molar-refractivity contribution is 0.423. The number of hydrogen-bond acceptors (Lipinski definition) is 4. The van der Waals surface area contributed by atoms with Gasteiger partial charge in [-0.05, 0) is 17.5 Å². The normalized spacial score (nSPS) is 18.6. The summed E-state index contributed by atoms with van der Waals surface area (Å²) in [5.41, 5.74) is 13.7. The van der Waals surface area contributed by atoms with Gasteiger partial charge in [-0.3, -0.25) is 0 Å². The molecule has 0 saturated heterocycles. The summed E-state index contributed by atoms with van der Waals surface area (Å²) in [4.78, 5) is 4.22. The number of nitrogen functional groups attached to an aromatic ring is 1. The van der Waals surface area contributed by atoms with E-state index in [1.807, 2.05) is 4.68 Å². The Morgan fingerprint density at radius 2 is 2.06 bits per heavy atom. The molecule has 18 heavy (non-hydrogen) atoms. The van der Waals surface area contributed by atoms with Crippen molar-refractivity contribution >= 4 is 5.95 Å². The lowest BCUT2D eigenvalue weighted by Crippen LogP contribution is -2.20. The fourth-order valence-electron chi connectivity index (χ4n) is 2.53. The maximum atomic E-state index is 5.62. The van der Waals surface area contributed by atoms with Gasteiger partial charge in [-0.1, -0.05) is 24.3 Å².